The highest BCUT2D eigenvalue weighted by Crippen LogP contribution is 2.02. The maximum Gasteiger partial charge on any atom is 0.341 e. The molecule has 19 heavy (non-hydrogen) atoms. The van der Waals surface area contributed by atoms with Gasteiger partial charge in [0.25, 0.3) is 5.56 Å². The topological polar surface area (TPSA) is 72.2 Å². The maximum absolute atomic E-state index is 12.0. The van der Waals surface area contributed by atoms with Crippen LogP contribution in [-0.2, 0) is 13.0 Å². The monoisotopic (exact) mass is 258 g/mol. The molecule has 0 unspecified atom stereocenters. The minimum absolute atomic E-state index is 0.202. The number of rotatable bonds is 4. The Morgan fingerprint density at radius 3 is 2.74 bits per heavy atom. The molecule has 0 bridgehead atoms. The van der Waals surface area contributed by atoms with E-state index in [1.807, 2.05) is 18.2 Å². The Labute approximate surface area is 110 Å². The summed E-state index contributed by atoms with van der Waals surface area (Å²) >= 11 is 0. The van der Waals surface area contributed by atoms with Gasteiger partial charge in [-0.3, -0.25) is 9.78 Å². The number of hydrogen-bond donors (Lipinski definition) is 1. The summed E-state index contributed by atoms with van der Waals surface area (Å²) in [5.41, 5.74) is 0.940. The lowest BCUT2D eigenvalue weighted by atomic mass is 10.2. The van der Waals surface area contributed by atoms with Gasteiger partial charge in [0.2, 0.25) is 0 Å². The van der Waals surface area contributed by atoms with Gasteiger partial charge in [0.1, 0.15) is 5.56 Å². The number of nitrogens with zero attached hydrogens (tertiary/aromatic N) is 2. The average molecular weight is 258 g/mol. The lowest BCUT2D eigenvalue weighted by Crippen LogP contribution is -2.28. The summed E-state index contributed by atoms with van der Waals surface area (Å²) in [4.78, 5) is 27.1. The molecule has 0 aliphatic heterocycles. The van der Waals surface area contributed by atoms with Gasteiger partial charge in [-0.25, -0.2) is 4.79 Å². The molecule has 0 atom stereocenters. The Kier molecular flexibility index (Phi) is 3.75. The third kappa shape index (κ3) is 2.88. The van der Waals surface area contributed by atoms with E-state index in [0.717, 1.165) is 11.4 Å². The zero-order valence-corrected chi connectivity index (χ0v) is 10.5. The van der Waals surface area contributed by atoms with E-state index in [2.05, 4.69) is 4.98 Å². The summed E-state index contributed by atoms with van der Waals surface area (Å²) < 4.78 is 1.47. The summed E-state index contributed by atoms with van der Waals surface area (Å²) in [6.07, 6.45) is 2.28. The van der Waals surface area contributed by atoms with Crippen molar-refractivity contribution in [2.75, 3.05) is 0 Å². The molecule has 0 saturated carbocycles. The van der Waals surface area contributed by atoms with Crippen molar-refractivity contribution in [3.63, 3.8) is 0 Å². The normalized spacial score (nSPS) is 10.4. The molecule has 2 aromatic rings. The van der Waals surface area contributed by atoms with E-state index < -0.39 is 11.5 Å². The summed E-state index contributed by atoms with van der Waals surface area (Å²) in [6.45, 7) is 2.20. The second-order valence-electron chi connectivity index (χ2n) is 4.22. The first-order valence-electron chi connectivity index (χ1n) is 5.93. The zero-order valence-electron chi connectivity index (χ0n) is 10.5. The highest BCUT2D eigenvalue weighted by atomic mass is 16.4. The third-order valence-corrected chi connectivity index (χ3v) is 2.94. The molecule has 0 aromatic carbocycles. The zero-order chi connectivity index (χ0) is 13.8. The van der Waals surface area contributed by atoms with Gasteiger partial charge in [-0.2, -0.15) is 0 Å². The molecular weight excluding hydrogens is 244 g/mol. The molecule has 0 aliphatic rings. The van der Waals surface area contributed by atoms with Gasteiger partial charge in [-0.1, -0.05) is 6.07 Å². The highest BCUT2D eigenvalue weighted by Gasteiger charge is 2.12. The van der Waals surface area contributed by atoms with Crippen molar-refractivity contribution >= 4 is 5.97 Å². The summed E-state index contributed by atoms with van der Waals surface area (Å²) in [5.74, 6) is -1.20. The van der Waals surface area contributed by atoms with Crippen molar-refractivity contribution < 1.29 is 9.90 Å². The van der Waals surface area contributed by atoms with Crippen molar-refractivity contribution in [3.05, 3.63) is 63.8 Å². The first-order valence-corrected chi connectivity index (χ1v) is 5.93. The van der Waals surface area contributed by atoms with Gasteiger partial charge in [-0.05, 0) is 31.2 Å². The Bertz CT molecular complexity index is 647. The van der Waals surface area contributed by atoms with Gasteiger partial charge in [-0.15, -0.1) is 0 Å². The average Bonchev–Trinajstić information content (AvgIpc) is 2.39. The van der Waals surface area contributed by atoms with Gasteiger partial charge >= 0.3 is 5.97 Å². The van der Waals surface area contributed by atoms with Gasteiger partial charge < -0.3 is 9.67 Å². The number of hydrogen-bond acceptors (Lipinski definition) is 3. The van der Waals surface area contributed by atoms with Crippen LogP contribution in [0.5, 0.6) is 0 Å². The minimum atomic E-state index is -1.20. The quantitative estimate of drug-likeness (QED) is 0.901. The molecule has 0 spiro atoms. The standard InChI is InChI=1S/C14H14N2O3/c1-10-5-6-12(14(18)19)13(17)16(10)9-7-11-4-2-3-8-15-11/h2-6,8H,7,9H2,1H3,(H,18,19). The number of aryl methyl sites for hydroxylation is 2. The molecule has 2 rings (SSSR count). The molecule has 0 amide bonds. The summed E-state index contributed by atoms with van der Waals surface area (Å²) in [5, 5.41) is 8.94. The molecule has 0 saturated heterocycles. The smallest absolute Gasteiger partial charge is 0.341 e. The lowest BCUT2D eigenvalue weighted by molar-refractivity contribution is 0.0694. The molecule has 1 N–H and O–H groups in total. The predicted molar refractivity (Wildman–Crippen MR) is 70.3 cm³/mol. The highest BCUT2D eigenvalue weighted by molar-refractivity contribution is 5.87. The molecule has 98 valence electrons. The van der Waals surface area contributed by atoms with E-state index in [0.29, 0.717) is 13.0 Å². The van der Waals surface area contributed by atoms with E-state index in [1.54, 1.807) is 19.2 Å². The SMILES string of the molecule is Cc1ccc(C(=O)O)c(=O)n1CCc1ccccn1. The van der Waals surface area contributed by atoms with Crippen LogP contribution in [0.1, 0.15) is 21.7 Å². The Balaban J connectivity index is 2.28. The maximum atomic E-state index is 12.0. The predicted octanol–water partition coefficient (Wildman–Crippen LogP) is 1.49. The van der Waals surface area contributed by atoms with Crippen LogP contribution in [0.25, 0.3) is 0 Å². The molecule has 2 heterocycles. The van der Waals surface area contributed by atoms with Crippen LogP contribution < -0.4 is 5.56 Å². The fraction of sp³-hybridized carbons (Fsp3) is 0.214. The van der Waals surface area contributed by atoms with Crippen LogP contribution in [0, 0.1) is 6.92 Å². The Morgan fingerprint density at radius 1 is 1.32 bits per heavy atom. The van der Waals surface area contributed by atoms with Crippen molar-refractivity contribution in [1.29, 1.82) is 0 Å². The summed E-state index contributed by atoms with van der Waals surface area (Å²) in [6, 6.07) is 8.57. The number of aromatic carboxylic acids is 1. The van der Waals surface area contributed by atoms with Crippen LogP contribution in [-0.4, -0.2) is 20.6 Å². The third-order valence-electron chi connectivity index (χ3n) is 2.94. The van der Waals surface area contributed by atoms with Crippen molar-refractivity contribution in [3.8, 4) is 0 Å². The van der Waals surface area contributed by atoms with Crippen LogP contribution in [0.4, 0.5) is 0 Å². The fourth-order valence-corrected chi connectivity index (χ4v) is 1.88. The molecular formula is C14H14N2O3. The molecule has 5 nitrogen and oxygen atoms in total. The first kappa shape index (κ1) is 13.0. The van der Waals surface area contributed by atoms with Gasteiger partial charge in [0, 0.05) is 30.6 Å². The Morgan fingerprint density at radius 2 is 2.11 bits per heavy atom. The van der Waals surface area contributed by atoms with Crippen molar-refractivity contribution in [2.45, 2.75) is 19.9 Å². The number of carbonyl (C=O) groups is 1. The van der Waals surface area contributed by atoms with E-state index in [4.69, 9.17) is 5.11 Å². The molecule has 0 radical (unpaired) electrons. The molecule has 0 aliphatic carbocycles. The van der Waals surface area contributed by atoms with Crippen LogP contribution in [0.15, 0.2) is 41.3 Å². The number of carboxylic acid groups (broad SMARTS) is 1. The second kappa shape index (κ2) is 5.48. The largest absolute Gasteiger partial charge is 0.477 e. The fourth-order valence-electron chi connectivity index (χ4n) is 1.88. The molecule has 5 heteroatoms. The van der Waals surface area contributed by atoms with Crippen LogP contribution in [0.3, 0.4) is 0 Å². The van der Waals surface area contributed by atoms with E-state index >= 15 is 0 Å². The van der Waals surface area contributed by atoms with E-state index in [9.17, 15) is 9.59 Å². The number of carboxylic acids is 1. The van der Waals surface area contributed by atoms with Crippen molar-refractivity contribution in [1.82, 2.24) is 9.55 Å². The van der Waals surface area contributed by atoms with Gasteiger partial charge in [0.05, 0.1) is 0 Å². The van der Waals surface area contributed by atoms with E-state index in [-0.39, 0.29) is 5.56 Å². The van der Waals surface area contributed by atoms with Crippen LogP contribution in [0.2, 0.25) is 0 Å². The summed E-state index contributed by atoms with van der Waals surface area (Å²) in [7, 11) is 0. The Hall–Kier alpha value is -2.43. The van der Waals surface area contributed by atoms with Crippen molar-refractivity contribution in [2.24, 2.45) is 0 Å². The second-order valence-corrected chi connectivity index (χ2v) is 4.22. The van der Waals surface area contributed by atoms with Crippen LogP contribution >= 0.6 is 0 Å². The minimum Gasteiger partial charge on any atom is -0.477 e. The molecule has 2 aromatic heterocycles. The number of pyridine rings is 2. The lowest BCUT2D eigenvalue weighted by Gasteiger charge is -2.10. The number of aromatic nitrogens is 2. The van der Waals surface area contributed by atoms with Gasteiger partial charge in [0.15, 0.2) is 0 Å². The molecule has 0 fully saturated rings. The first-order chi connectivity index (χ1) is 9.09. The van der Waals surface area contributed by atoms with E-state index in [1.165, 1.54) is 10.6 Å².